The van der Waals surface area contributed by atoms with E-state index in [0.717, 1.165) is 17.9 Å². The Morgan fingerprint density at radius 3 is 3.19 bits per heavy atom. The van der Waals surface area contributed by atoms with Gasteiger partial charge in [0.15, 0.2) is 0 Å². The molecule has 5 heteroatoms. The Morgan fingerprint density at radius 1 is 1.62 bits per heavy atom. The molecule has 1 atom stereocenters. The molecule has 1 aliphatic rings. The Kier molecular flexibility index (Phi) is 4.01. The largest absolute Gasteiger partial charge is 0.314 e. The van der Waals surface area contributed by atoms with Crippen molar-refractivity contribution in [3.8, 4) is 0 Å². The van der Waals surface area contributed by atoms with Crippen LogP contribution in [0, 0.1) is 0 Å². The van der Waals surface area contributed by atoms with Crippen molar-refractivity contribution in [1.82, 2.24) is 15.3 Å². The Hall–Kier alpha value is -0.810. The maximum absolute atomic E-state index is 11.5. The first-order chi connectivity index (χ1) is 7.79. The number of aromatic amines is 1. The van der Waals surface area contributed by atoms with Gasteiger partial charge in [0.05, 0.1) is 10.9 Å². The van der Waals surface area contributed by atoms with Crippen LogP contribution in [0.4, 0.5) is 0 Å². The highest BCUT2D eigenvalue weighted by Crippen LogP contribution is 2.35. The van der Waals surface area contributed by atoms with Crippen LogP contribution >= 0.6 is 11.8 Å². The van der Waals surface area contributed by atoms with Gasteiger partial charge in [-0.3, -0.25) is 4.79 Å². The van der Waals surface area contributed by atoms with Crippen molar-refractivity contribution in [2.75, 3.05) is 12.8 Å². The van der Waals surface area contributed by atoms with Crippen molar-refractivity contribution in [3.05, 3.63) is 27.9 Å². The minimum Gasteiger partial charge on any atom is -0.314 e. The molecule has 0 aliphatic carbocycles. The Morgan fingerprint density at radius 2 is 2.50 bits per heavy atom. The fraction of sp³-hybridized carbons (Fsp3) is 0.636. The molecule has 1 aromatic rings. The Bertz CT molecular complexity index is 398. The summed E-state index contributed by atoms with van der Waals surface area (Å²) in [5.74, 6) is 2.02. The smallest absolute Gasteiger partial charge is 0.251 e. The average molecular weight is 239 g/mol. The van der Waals surface area contributed by atoms with Crippen molar-refractivity contribution in [2.45, 2.75) is 31.1 Å². The van der Waals surface area contributed by atoms with Crippen LogP contribution in [0.15, 0.2) is 10.9 Å². The predicted molar refractivity (Wildman–Crippen MR) is 66.7 cm³/mol. The number of hydrogen-bond acceptors (Lipinski definition) is 4. The Balaban J connectivity index is 2.21. The summed E-state index contributed by atoms with van der Waals surface area (Å²) < 4.78 is 0. The van der Waals surface area contributed by atoms with Crippen molar-refractivity contribution < 1.29 is 0 Å². The van der Waals surface area contributed by atoms with Crippen LogP contribution in [0.5, 0.6) is 0 Å². The van der Waals surface area contributed by atoms with E-state index >= 15 is 0 Å². The second kappa shape index (κ2) is 5.50. The second-order valence-electron chi connectivity index (χ2n) is 4.01. The van der Waals surface area contributed by atoms with Crippen molar-refractivity contribution in [1.29, 1.82) is 0 Å². The van der Waals surface area contributed by atoms with Crippen LogP contribution in [0.2, 0.25) is 0 Å². The summed E-state index contributed by atoms with van der Waals surface area (Å²) in [5.41, 5.74) is 0.786. The van der Waals surface area contributed by atoms with E-state index in [1.165, 1.54) is 18.6 Å². The summed E-state index contributed by atoms with van der Waals surface area (Å²) in [5, 5.41) is 3.39. The third-order valence-electron chi connectivity index (χ3n) is 2.66. The number of rotatable bonds is 3. The number of thioether (sulfide) groups is 1. The third kappa shape index (κ3) is 2.86. The molecule has 0 radical (unpaired) electrons. The average Bonchev–Trinajstić information content (AvgIpc) is 2.30. The fourth-order valence-electron chi connectivity index (χ4n) is 1.91. The van der Waals surface area contributed by atoms with E-state index in [0.29, 0.717) is 11.8 Å². The van der Waals surface area contributed by atoms with Gasteiger partial charge in [-0.2, -0.15) is 11.8 Å². The zero-order valence-electron chi connectivity index (χ0n) is 9.45. The molecule has 4 nitrogen and oxygen atoms in total. The van der Waals surface area contributed by atoms with Gasteiger partial charge in [-0.05, 0) is 25.6 Å². The van der Waals surface area contributed by atoms with Crippen LogP contribution < -0.4 is 10.9 Å². The lowest BCUT2D eigenvalue weighted by Crippen LogP contribution is -2.18. The first-order valence-electron chi connectivity index (χ1n) is 5.66. The molecular formula is C11H17N3OS. The molecule has 2 heterocycles. The Labute approximate surface area is 99.3 Å². The molecule has 0 aromatic carbocycles. The van der Waals surface area contributed by atoms with Gasteiger partial charge < -0.3 is 10.3 Å². The maximum atomic E-state index is 11.5. The standard InChI is InChI=1S/C11H17N3OS/c1-12-7-8-6-10(15)14-11(13-8)9-4-2-3-5-16-9/h6,9,12H,2-5,7H2,1H3,(H,13,14,15). The maximum Gasteiger partial charge on any atom is 0.251 e. The molecule has 0 bridgehead atoms. The van der Waals surface area contributed by atoms with Crippen LogP contribution in [0.25, 0.3) is 0 Å². The highest BCUT2D eigenvalue weighted by Gasteiger charge is 2.18. The SMILES string of the molecule is CNCc1cc(=O)[nH]c(C2CCCCS2)n1. The van der Waals surface area contributed by atoms with Crippen LogP contribution in [-0.4, -0.2) is 22.8 Å². The molecule has 1 unspecified atom stereocenters. The number of H-pyrrole nitrogens is 1. The molecule has 0 amide bonds. The molecule has 1 saturated heterocycles. The minimum atomic E-state index is -0.0403. The quantitative estimate of drug-likeness (QED) is 0.838. The van der Waals surface area contributed by atoms with Gasteiger partial charge in [0, 0.05) is 12.6 Å². The van der Waals surface area contributed by atoms with Gasteiger partial charge in [-0.25, -0.2) is 4.98 Å². The third-order valence-corrected chi connectivity index (χ3v) is 4.04. The van der Waals surface area contributed by atoms with Gasteiger partial charge in [-0.1, -0.05) is 6.42 Å². The van der Waals surface area contributed by atoms with Crippen LogP contribution in [0.1, 0.15) is 36.0 Å². The fourth-order valence-corrected chi connectivity index (χ4v) is 3.17. The van der Waals surface area contributed by atoms with E-state index in [4.69, 9.17) is 0 Å². The lowest BCUT2D eigenvalue weighted by Gasteiger charge is -2.20. The number of aromatic nitrogens is 2. The molecule has 0 saturated carbocycles. The lowest BCUT2D eigenvalue weighted by atomic mass is 10.2. The molecule has 1 aromatic heterocycles. The summed E-state index contributed by atoms with van der Waals surface area (Å²) in [6.45, 7) is 0.647. The van der Waals surface area contributed by atoms with Gasteiger partial charge in [0.25, 0.3) is 5.56 Å². The van der Waals surface area contributed by atoms with Crippen molar-refractivity contribution in [2.24, 2.45) is 0 Å². The van der Waals surface area contributed by atoms with E-state index in [2.05, 4.69) is 15.3 Å². The van der Waals surface area contributed by atoms with Crippen LogP contribution in [-0.2, 0) is 6.54 Å². The summed E-state index contributed by atoms with van der Waals surface area (Å²) in [7, 11) is 1.86. The highest BCUT2D eigenvalue weighted by molar-refractivity contribution is 7.99. The summed E-state index contributed by atoms with van der Waals surface area (Å²) in [6, 6.07) is 1.56. The van der Waals surface area contributed by atoms with Crippen LogP contribution in [0.3, 0.4) is 0 Å². The summed E-state index contributed by atoms with van der Waals surface area (Å²) in [6.07, 6.45) is 3.63. The summed E-state index contributed by atoms with van der Waals surface area (Å²) >= 11 is 1.90. The minimum absolute atomic E-state index is 0.0403. The molecule has 1 aliphatic heterocycles. The molecule has 16 heavy (non-hydrogen) atoms. The normalized spacial score (nSPS) is 20.9. The van der Waals surface area contributed by atoms with Gasteiger partial charge in [-0.15, -0.1) is 0 Å². The van der Waals surface area contributed by atoms with Gasteiger partial charge >= 0.3 is 0 Å². The zero-order valence-corrected chi connectivity index (χ0v) is 10.3. The molecule has 88 valence electrons. The molecule has 2 N–H and O–H groups in total. The number of nitrogens with one attached hydrogen (secondary N) is 2. The molecule has 2 rings (SSSR count). The zero-order chi connectivity index (χ0) is 11.4. The predicted octanol–water partition coefficient (Wildman–Crippen LogP) is 1.45. The molecular weight excluding hydrogens is 222 g/mol. The summed E-state index contributed by atoms with van der Waals surface area (Å²) in [4.78, 5) is 18.9. The van der Waals surface area contributed by atoms with E-state index in [1.807, 2.05) is 18.8 Å². The van der Waals surface area contributed by atoms with Crippen molar-refractivity contribution >= 4 is 11.8 Å². The monoisotopic (exact) mass is 239 g/mol. The van der Waals surface area contributed by atoms with Crippen molar-refractivity contribution in [3.63, 3.8) is 0 Å². The van der Waals surface area contributed by atoms with Gasteiger partial charge in [0.1, 0.15) is 5.82 Å². The van der Waals surface area contributed by atoms with E-state index < -0.39 is 0 Å². The van der Waals surface area contributed by atoms with Gasteiger partial charge in [0.2, 0.25) is 0 Å². The number of nitrogens with zero attached hydrogens (tertiary/aromatic N) is 1. The highest BCUT2D eigenvalue weighted by atomic mass is 32.2. The number of hydrogen-bond donors (Lipinski definition) is 2. The lowest BCUT2D eigenvalue weighted by molar-refractivity contribution is 0.652. The van der Waals surface area contributed by atoms with E-state index in [-0.39, 0.29) is 5.56 Å². The molecule has 1 fully saturated rings. The first kappa shape index (κ1) is 11.7. The topological polar surface area (TPSA) is 57.8 Å². The second-order valence-corrected chi connectivity index (χ2v) is 5.32. The molecule has 0 spiro atoms. The van der Waals surface area contributed by atoms with E-state index in [9.17, 15) is 4.79 Å². The first-order valence-corrected chi connectivity index (χ1v) is 6.71. The van der Waals surface area contributed by atoms with E-state index in [1.54, 1.807) is 6.07 Å².